The van der Waals surface area contributed by atoms with E-state index in [9.17, 15) is 19.2 Å². The molecule has 3 N–H and O–H groups in total. The van der Waals surface area contributed by atoms with Gasteiger partial charge < -0.3 is 5.32 Å². The molecular weight excluding hydrogens is 458 g/mol. The number of fused-ring (bicyclic) bond motifs is 1. The van der Waals surface area contributed by atoms with Gasteiger partial charge in [0.2, 0.25) is 0 Å². The fraction of sp³-hybridized carbons (Fsp3) is 0.292. The van der Waals surface area contributed by atoms with Crippen molar-refractivity contribution < 1.29 is 14.4 Å². The topological polar surface area (TPSA) is 122 Å². The van der Waals surface area contributed by atoms with Gasteiger partial charge in [-0.25, -0.2) is 4.68 Å². The van der Waals surface area contributed by atoms with Gasteiger partial charge in [-0.15, -0.1) is 0 Å². The van der Waals surface area contributed by atoms with Crippen LogP contribution >= 0.6 is 11.6 Å². The number of carbonyl (C=O) groups excluding carboxylic acids is 3. The Kier molecular flexibility index (Phi) is 7.68. The van der Waals surface area contributed by atoms with E-state index < -0.39 is 23.8 Å². The zero-order chi connectivity index (χ0) is 25.0. The lowest BCUT2D eigenvalue weighted by molar-refractivity contribution is -0.124. The van der Waals surface area contributed by atoms with Gasteiger partial charge in [0.25, 0.3) is 23.3 Å². The Morgan fingerprint density at radius 2 is 1.50 bits per heavy atom. The van der Waals surface area contributed by atoms with Crippen LogP contribution in [0.3, 0.4) is 0 Å². The molecule has 3 amide bonds. The molecule has 10 heteroatoms. The number of amides is 3. The lowest BCUT2D eigenvalue weighted by Gasteiger charge is -2.22. The zero-order valence-electron chi connectivity index (χ0n) is 19.3. The number of rotatable bonds is 6. The fourth-order valence-electron chi connectivity index (χ4n) is 3.34. The molecule has 0 saturated heterocycles. The normalized spacial score (nSPS) is 12.0. The Morgan fingerprint density at radius 3 is 2.09 bits per heavy atom. The van der Waals surface area contributed by atoms with Crippen LogP contribution in [0.5, 0.6) is 0 Å². The van der Waals surface area contributed by atoms with Crippen molar-refractivity contribution >= 4 is 40.1 Å². The summed E-state index contributed by atoms with van der Waals surface area (Å²) in [6.45, 7) is 7.09. The van der Waals surface area contributed by atoms with Gasteiger partial charge in [0.05, 0.1) is 11.4 Å². The summed E-state index contributed by atoms with van der Waals surface area (Å²) in [7, 11) is 0. The maximum absolute atomic E-state index is 12.9. The van der Waals surface area contributed by atoms with E-state index in [-0.39, 0.29) is 23.2 Å². The average Bonchev–Trinajstić information content (AvgIpc) is 2.81. The molecule has 0 aliphatic carbocycles. The summed E-state index contributed by atoms with van der Waals surface area (Å²) in [5.74, 6) is -2.01. The molecule has 178 valence electrons. The van der Waals surface area contributed by atoms with Crippen molar-refractivity contribution in [2.45, 2.75) is 39.8 Å². The van der Waals surface area contributed by atoms with Gasteiger partial charge in [-0.05, 0) is 50.1 Å². The highest BCUT2D eigenvalue weighted by molar-refractivity contribution is 6.30. The lowest BCUT2D eigenvalue weighted by atomic mass is 10.0. The second-order valence-corrected chi connectivity index (χ2v) is 8.82. The van der Waals surface area contributed by atoms with Crippen molar-refractivity contribution in [2.75, 3.05) is 0 Å². The van der Waals surface area contributed by atoms with Crippen LogP contribution in [0.2, 0.25) is 5.02 Å². The van der Waals surface area contributed by atoms with E-state index in [2.05, 4.69) is 21.3 Å². The molecule has 1 aromatic heterocycles. The van der Waals surface area contributed by atoms with Gasteiger partial charge in [0.1, 0.15) is 6.04 Å². The minimum Gasteiger partial charge on any atom is -0.340 e. The van der Waals surface area contributed by atoms with E-state index >= 15 is 0 Å². The molecule has 1 heterocycles. The van der Waals surface area contributed by atoms with E-state index in [0.717, 1.165) is 0 Å². The molecular formula is C24H26ClN5O4. The summed E-state index contributed by atoms with van der Waals surface area (Å²) in [4.78, 5) is 50.9. The number of hydrogen-bond donors (Lipinski definition) is 3. The quantitative estimate of drug-likeness (QED) is 0.465. The minimum absolute atomic E-state index is 0.00417. The largest absolute Gasteiger partial charge is 0.340 e. The predicted octanol–water partition coefficient (Wildman–Crippen LogP) is 2.85. The average molecular weight is 484 g/mol. The number of carbonyl (C=O) groups is 3. The highest BCUT2D eigenvalue weighted by Gasteiger charge is 2.26. The molecule has 0 fully saturated rings. The van der Waals surface area contributed by atoms with Gasteiger partial charge >= 0.3 is 0 Å². The summed E-state index contributed by atoms with van der Waals surface area (Å²) >= 11 is 5.86. The van der Waals surface area contributed by atoms with Crippen molar-refractivity contribution in [3.8, 4) is 0 Å². The molecule has 0 aliphatic rings. The first kappa shape index (κ1) is 24.9. The van der Waals surface area contributed by atoms with Gasteiger partial charge in [0, 0.05) is 16.0 Å². The Bertz CT molecular complexity index is 1280. The maximum atomic E-state index is 12.9. The minimum atomic E-state index is -0.919. The molecule has 9 nitrogen and oxygen atoms in total. The van der Waals surface area contributed by atoms with E-state index in [1.807, 2.05) is 0 Å². The van der Waals surface area contributed by atoms with Crippen molar-refractivity contribution in [1.29, 1.82) is 0 Å². The van der Waals surface area contributed by atoms with Crippen molar-refractivity contribution in [3.63, 3.8) is 0 Å². The van der Waals surface area contributed by atoms with E-state index in [4.69, 9.17) is 11.6 Å². The van der Waals surface area contributed by atoms with Crippen LogP contribution in [0.1, 0.15) is 54.6 Å². The third-order valence-electron chi connectivity index (χ3n) is 5.17. The SMILES string of the molecule is CC(C)[C@H](NC(=O)c1ccc(Cl)cc1)C(=O)NNC(=O)c1nn(C(C)C)c(=O)c2ccccc12. The highest BCUT2D eigenvalue weighted by atomic mass is 35.5. The summed E-state index contributed by atoms with van der Waals surface area (Å²) in [5.41, 5.74) is 4.73. The Balaban J connectivity index is 1.78. The summed E-state index contributed by atoms with van der Waals surface area (Å²) in [5, 5.41) is 8.09. The number of aromatic nitrogens is 2. The predicted molar refractivity (Wildman–Crippen MR) is 130 cm³/mol. The molecule has 0 bridgehead atoms. The highest BCUT2D eigenvalue weighted by Crippen LogP contribution is 2.15. The number of hydrogen-bond acceptors (Lipinski definition) is 5. The summed E-state index contributed by atoms with van der Waals surface area (Å²) in [6.07, 6.45) is 0. The number of nitrogens with zero attached hydrogens (tertiary/aromatic N) is 2. The molecule has 0 saturated carbocycles. The molecule has 0 unspecified atom stereocenters. The second-order valence-electron chi connectivity index (χ2n) is 8.38. The molecule has 0 spiro atoms. The second kappa shape index (κ2) is 10.5. The Hall–Kier alpha value is -3.72. The molecule has 0 aliphatic heterocycles. The van der Waals surface area contributed by atoms with Crippen LogP contribution in [0.25, 0.3) is 10.8 Å². The fourth-order valence-corrected chi connectivity index (χ4v) is 3.47. The van der Waals surface area contributed by atoms with Gasteiger partial charge in [-0.1, -0.05) is 43.6 Å². The summed E-state index contributed by atoms with van der Waals surface area (Å²) in [6, 6.07) is 11.7. The first-order valence-electron chi connectivity index (χ1n) is 10.8. The van der Waals surface area contributed by atoms with E-state index in [1.165, 1.54) is 4.68 Å². The summed E-state index contributed by atoms with van der Waals surface area (Å²) < 4.78 is 1.22. The van der Waals surface area contributed by atoms with Crippen LogP contribution in [0.15, 0.2) is 53.3 Å². The van der Waals surface area contributed by atoms with Crippen molar-refractivity contribution in [2.24, 2.45) is 5.92 Å². The molecule has 0 radical (unpaired) electrons. The zero-order valence-corrected chi connectivity index (χ0v) is 20.0. The Morgan fingerprint density at radius 1 is 0.882 bits per heavy atom. The van der Waals surface area contributed by atoms with Crippen LogP contribution in [0, 0.1) is 5.92 Å². The lowest BCUT2D eigenvalue weighted by Crippen LogP contribution is -2.54. The van der Waals surface area contributed by atoms with Gasteiger partial charge in [0.15, 0.2) is 5.69 Å². The third-order valence-corrected chi connectivity index (χ3v) is 5.43. The molecule has 3 aromatic rings. The van der Waals surface area contributed by atoms with Crippen LogP contribution in [-0.4, -0.2) is 33.5 Å². The molecule has 2 aromatic carbocycles. The van der Waals surface area contributed by atoms with Crippen molar-refractivity contribution in [3.05, 3.63) is 75.2 Å². The van der Waals surface area contributed by atoms with Crippen LogP contribution < -0.4 is 21.7 Å². The molecule has 1 atom stereocenters. The first-order chi connectivity index (χ1) is 16.1. The van der Waals surface area contributed by atoms with Crippen LogP contribution in [-0.2, 0) is 4.79 Å². The van der Waals surface area contributed by atoms with Gasteiger partial charge in [-0.2, -0.15) is 5.10 Å². The van der Waals surface area contributed by atoms with Gasteiger partial charge in [-0.3, -0.25) is 30.0 Å². The van der Waals surface area contributed by atoms with E-state index in [0.29, 0.717) is 21.4 Å². The maximum Gasteiger partial charge on any atom is 0.290 e. The van der Waals surface area contributed by atoms with Crippen molar-refractivity contribution in [1.82, 2.24) is 25.9 Å². The van der Waals surface area contributed by atoms with E-state index in [1.54, 1.807) is 76.2 Å². The monoisotopic (exact) mass is 483 g/mol. The number of nitrogens with one attached hydrogen (secondary N) is 3. The molecule has 34 heavy (non-hydrogen) atoms. The Labute approximate surface area is 201 Å². The number of halogens is 1. The molecule has 3 rings (SSSR count). The number of hydrazine groups is 1. The number of benzene rings is 2. The smallest absolute Gasteiger partial charge is 0.290 e. The van der Waals surface area contributed by atoms with Crippen LogP contribution in [0.4, 0.5) is 0 Å². The third kappa shape index (κ3) is 5.43. The first-order valence-corrected chi connectivity index (χ1v) is 11.2. The standard InChI is InChI=1S/C24H26ClN5O4/c1-13(2)19(26-21(31)15-9-11-16(25)12-10-15)22(32)27-28-23(33)20-17-7-5-6-8-18(17)24(34)30(29-20)14(3)4/h5-14,19H,1-4H3,(H,26,31)(H,27,32)(H,28,33)/t19-/m0/s1.